The molecule has 104 valence electrons. The van der Waals surface area contributed by atoms with Crippen LogP contribution in [0, 0.1) is 24.0 Å². The van der Waals surface area contributed by atoms with E-state index in [-0.39, 0.29) is 5.69 Å². The van der Waals surface area contributed by atoms with Crippen LogP contribution in [0.15, 0.2) is 36.4 Å². The molecule has 0 atom stereocenters. The molecule has 6 nitrogen and oxygen atoms in total. The molecule has 0 aliphatic carbocycles. The van der Waals surface area contributed by atoms with Crippen LogP contribution >= 0.6 is 0 Å². The summed E-state index contributed by atoms with van der Waals surface area (Å²) in [7, 11) is 0. The van der Waals surface area contributed by atoms with Gasteiger partial charge < -0.3 is 10.2 Å². The van der Waals surface area contributed by atoms with Crippen LogP contribution in [0.1, 0.15) is 11.1 Å². The van der Waals surface area contributed by atoms with Gasteiger partial charge in [0.15, 0.2) is 0 Å². The highest BCUT2D eigenvalue weighted by Gasteiger charge is 2.11. The summed E-state index contributed by atoms with van der Waals surface area (Å²) in [4.78, 5) is 10.4. The smallest absolute Gasteiger partial charge is 0.275 e. The number of ether oxygens (including phenoxy) is 1. The van der Waals surface area contributed by atoms with Crippen molar-refractivity contribution in [2.45, 2.75) is 13.8 Å². The maximum absolute atomic E-state index is 10.9. The van der Waals surface area contributed by atoms with Crippen LogP contribution in [0.3, 0.4) is 0 Å². The number of nitrogens with two attached hydrogens (primary N) is 1. The van der Waals surface area contributed by atoms with Gasteiger partial charge in [-0.2, -0.15) is 0 Å². The monoisotopic (exact) mass is 273 g/mol. The quantitative estimate of drug-likeness (QED) is 0.506. The van der Waals surface area contributed by atoms with Gasteiger partial charge in [0, 0.05) is 12.1 Å². The predicted octanol–water partition coefficient (Wildman–Crippen LogP) is 3.29. The molecule has 2 aromatic rings. The second-order valence-corrected chi connectivity index (χ2v) is 4.49. The van der Waals surface area contributed by atoms with E-state index in [0.717, 1.165) is 11.1 Å². The number of anilines is 1. The highest BCUT2D eigenvalue weighted by atomic mass is 16.6. The number of aryl methyl sites for hydroxylation is 2. The zero-order chi connectivity index (χ0) is 14.7. The molecule has 0 fully saturated rings. The molecule has 2 aromatic carbocycles. The molecule has 0 saturated carbocycles. The maximum atomic E-state index is 10.9. The van der Waals surface area contributed by atoms with Crippen LogP contribution < -0.4 is 16.0 Å². The van der Waals surface area contributed by atoms with Crippen molar-refractivity contribution in [3.63, 3.8) is 0 Å². The molecule has 0 aliphatic heterocycles. The van der Waals surface area contributed by atoms with E-state index < -0.39 is 4.92 Å². The Balaban J connectivity index is 2.37. The van der Waals surface area contributed by atoms with E-state index >= 15 is 0 Å². The number of non-ortho nitro benzene ring substituents is 1. The van der Waals surface area contributed by atoms with E-state index in [0.29, 0.717) is 17.2 Å². The fourth-order valence-corrected chi connectivity index (χ4v) is 1.87. The van der Waals surface area contributed by atoms with Gasteiger partial charge in [0.05, 0.1) is 16.7 Å². The van der Waals surface area contributed by atoms with Crippen LogP contribution in [0.5, 0.6) is 11.5 Å². The van der Waals surface area contributed by atoms with E-state index in [2.05, 4.69) is 5.43 Å². The molecular weight excluding hydrogens is 258 g/mol. The van der Waals surface area contributed by atoms with Gasteiger partial charge in [0.25, 0.3) is 5.69 Å². The predicted molar refractivity (Wildman–Crippen MR) is 76.9 cm³/mol. The molecule has 0 spiro atoms. The lowest BCUT2D eigenvalue weighted by atomic mass is 10.1. The van der Waals surface area contributed by atoms with Gasteiger partial charge in [-0.3, -0.25) is 16.0 Å². The van der Waals surface area contributed by atoms with Gasteiger partial charge in [0.2, 0.25) is 0 Å². The van der Waals surface area contributed by atoms with E-state index in [1.54, 1.807) is 6.07 Å². The number of nitro benzene ring substituents is 1. The van der Waals surface area contributed by atoms with Crippen LogP contribution in [0.2, 0.25) is 0 Å². The lowest BCUT2D eigenvalue weighted by Gasteiger charge is -2.10. The third kappa shape index (κ3) is 3.04. The molecule has 0 saturated heterocycles. The summed E-state index contributed by atoms with van der Waals surface area (Å²) in [5.41, 5.74) is 4.80. The lowest BCUT2D eigenvalue weighted by Crippen LogP contribution is -2.07. The SMILES string of the molecule is Cc1ccc(Oc2cc(NN)cc([N+](=O)[O-])c2)c(C)c1. The molecule has 0 amide bonds. The summed E-state index contributed by atoms with van der Waals surface area (Å²) < 4.78 is 5.70. The topological polar surface area (TPSA) is 90.4 Å². The average Bonchev–Trinajstić information content (AvgIpc) is 2.41. The Hall–Kier alpha value is -2.60. The zero-order valence-corrected chi connectivity index (χ0v) is 11.2. The first-order valence-electron chi connectivity index (χ1n) is 6.01. The summed E-state index contributed by atoms with van der Waals surface area (Å²) in [6, 6.07) is 10.0. The molecule has 0 aliphatic rings. The maximum Gasteiger partial charge on any atom is 0.275 e. The first-order chi connectivity index (χ1) is 9.49. The fourth-order valence-electron chi connectivity index (χ4n) is 1.87. The molecular formula is C14H15N3O3. The van der Waals surface area contributed by atoms with Crippen molar-refractivity contribution in [3.05, 3.63) is 57.6 Å². The average molecular weight is 273 g/mol. The molecule has 0 unspecified atom stereocenters. The number of hydrogen-bond acceptors (Lipinski definition) is 5. The van der Waals surface area contributed by atoms with Gasteiger partial charge in [0.1, 0.15) is 11.5 Å². The van der Waals surface area contributed by atoms with Gasteiger partial charge >= 0.3 is 0 Å². The highest BCUT2D eigenvalue weighted by Crippen LogP contribution is 2.31. The summed E-state index contributed by atoms with van der Waals surface area (Å²) in [6.07, 6.45) is 0. The van der Waals surface area contributed by atoms with Crippen molar-refractivity contribution in [2.24, 2.45) is 5.84 Å². The zero-order valence-electron chi connectivity index (χ0n) is 11.2. The first kappa shape index (κ1) is 13.8. The number of nitrogen functional groups attached to an aromatic ring is 1. The minimum atomic E-state index is -0.490. The van der Waals surface area contributed by atoms with Gasteiger partial charge in [-0.25, -0.2) is 0 Å². The number of rotatable bonds is 4. The van der Waals surface area contributed by atoms with Crippen LogP contribution in [0.4, 0.5) is 11.4 Å². The molecule has 0 radical (unpaired) electrons. The molecule has 6 heteroatoms. The summed E-state index contributed by atoms with van der Waals surface area (Å²) >= 11 is 0. The molecule has 20 heavy (non-hydrogen) atoms. The Morgan fingerprint density at radius 3 is 2.55 bits per heavy atom. The fraction of sp³-hybridized carbons (Fsp3) is 0.143. The van der Waals surface area contributed by atoms with E-state index in [1.807, 2.05) is 32.0 Å². The minimum absolute atomic E-state index is 0.0831. The van der Waals surface area contributed by atoms with Crippen molar-refractivity contribution in [3.8, 4) is 11.5 Å². The van der Waals surface area contributed by atoms with Crippen molar-refractivity contribution >= 4 is 11.4 Å². The molecule has 0 heterocycles. The van der Waals surface area contributed by atoms with Crippen LogP contribution in [-0.2, 0) is 0 Å². The second kappa shape index (κ2) is 5.58. The number of nitro groups is 1. The molecule has 0 aromatic heterocycles. The second-order valence-electron chi connectivity index (χ2n) is 4.49. The molecule has 3 N–H and O–H groups in total. The van der Waals surface area contributed by atoms with Crippen LogP contribution in [0.25, 0.3) is 0 Å². The Labute approximate surface area is 116 Å². The van der Waals surface area contributed by atoms with Crippen molar-refractivity contribution in [1.82, 2.24) is 0 Å². The van der Waals surface area contributed by atoms with Crippen molar-refractivity contribution in [1.29, 1.82) is 0 Å². The van der Waals surface area contributed by atoms with E-state index in [1.165, 1.54) is 12.1 Å². The highest BCUT2D eigenvalue weighted by molar-refractivity contribution is 5.56. The van der Waals surface area contributed by atoms with Crippen molar-refractivity contribution in [2.75, 3.05) is 5.43 Å². The number of nitrogens with one attached hydrogen (secondary N) is 1. The third-order valence-corrected chi connectivity index (χ3v) is 2.83. The number of benzene rings is 2. The third-order valence-electron chi connectivity index (χ3n) is 2.83. The lowest BCUT2D eigenvalue weighted by molar-refractivity contribution is -0.384. The summed E-state index contributed by atoms with van der Waals surface area (Å²) in [6.45, 7) is 3.91. The van der Waals surface area contributed by atoms with Gasteiger partial charge in [-0.1, -0.05) is 17.7 Å². The Morgan fingerprint density at radius 1 is 1.20 bits per heavy atom. The normalized spacial score (nSPS) is 10.2. The summed E-state index contributed by atoms with van der Waals surface area (Å²) in [5, 5.41) is 10.9. The Bertz CT molecular complexity index is 656. The van der Waals surface area contributed by atoms with Crippen molar-refractivity contribution < 1.29 is 9.66 Å². The minimum Gasteiger partial charge on any atom is -0.457 e. The first-order valence-corrected chi connectivity index (χ1v) is 6.01. The summed E-state index contributed by atoms with van der Waals surface area (Å²) in [5.74, 6) is 6.31. The molecule has 0 bridgehead atoms. The number of hydrazine groups is 1. The van der Waals surface area contributed by atoms with E-state index in [9.17, 15) is 10.1 Å². The molecule has 2 rings (SSSR count). The Morgan fingerprint density at radius 2 is 1.95 bits per heavy atom. The van der Waals surface area contributed by atoms with Gasteiger partial charge in [-0.05, 0) is 25.5 Å². The van der Waals surface area contributed by atoms with Crippen LogP contribution in [-0.4, -0.2) is 4.92 Å². The van der Waals surface area contributed by atoms with E-state index in [4.69, 9.17) is 10.6 Å². The number of nitrogens with zero attached hydrogens (tertiary/aromatic N) is 1. The van der Waals surface area contributed by atoms with Gasteiger partial charge in [-0.15, -0.1) is 0 Å². The largest absolute Gasteiger partial charge is 0.457 e. The standard InChI is InChI=1S/C14H15N3O3/c1-9-3-4-14(10(2)5-9)20-13-7-11(16-15)6-12(8-13)17(18)19/h3-8,16H,15H2,1-2H3. The Kier molecular flexibility index (Phi) is 3.86. The number of hydrogen-bond donors (Lipinski definition) is 2.